The molecule has 0 unspecified atom stereocenters. The second-order valence-corrected chi connectivity index (χ2v) is 7.05. The van der Waals surface area contributed by atoms with Crippen LogP contribution in [-0.2, 0) is 0 Å². The van der Waals surface area contributed by atoms with Crippen molar-refractivity contribution in [3.63, 3.8) is 0 Å². The molecule has 27 heavy (non-hydrogen) atoms. The van der Waals surface area contributed by atoms with Crippen molar-refractivity contribution < 1.29 is 5.11 Å². The third-order valence-electron chi connectivity index (χ3n) is 4.63. The van der Waals surface area contributed by atoms with Crippen LogP contribution in [0.2, 0.25) is 5.02 Å². The second kappa shape index (κ2) is 7.54. The van der Waals surface area contributed by atoms with Gasteiger partial charge in [-0.1, -0.05) is 35.9 Å². The molecule has 2 N–H and O–H groups in total. The number of nitrogens with zero attached hydrogens (tertiary/aromatic N) is 4. The topological polar surface area (TPSA) is 67.2 Å². The molecule has 0 amide bonds. The van der Waals surface area contributed by atoms with Crippen LogP contribution in [0.3, 0.4) is 0 Å². The molecule has 0 aliphatic carbocycles. The Morgan fingerprint density at radius 2 is 1.78 bits per heavy atom. The summed E-state index contributed by atoms with van der Waals surface area (Å²) >= 11 is 11.7. The number of rotatable bonds is 2. The minimum atomic E-state index is -0.0708. The third kappa shape index (κ3) is 3.61. The van der Waals surface area contributed by atoms with Gasteiger partial charge in [0.2, 0.25) is 11.0 Å². The molecule has 0 radical (unpaired) electrons. The zero-order valence-electron chi connectivity index (χ0n) is 14.5. The van der Waals surface area contributed by atoms with Gasteiger partial charge in [-0.3, -0.25) is 0 Å². The van der Waals surface area contributed by atoms with E-state index in [0.717, 1.165) is 26.2 Å². The summed E-state index contributed by atoms with van der Waals surface area (Å²) in [5.41, 5.74) is 2.22. The molecule has 1 saturated heterocycles. The van der Waals surface area contributed by atoms with Crippen LogP contribution >= 0.6 is 23.8 Å². The van der Waals surface area contributed by atoms with E-state index >= 15 is 0 Å². The highest BCUT2D eigenvalue weighted by Gasteiger charge is 2.19. The lowest BCUT2D eigenvalue weighted by Gasteiger charge is -2.36. The Kier molecular flexibility index (Phi) is 4.96. The fourth-order valence-electron chi connectivity index (χ4n) is 3.22. The Hall–Kier alpha value is -2.64. The van der Waals surface area contributed by atoms with E-state index in [0.29, 0.717) is 26.7 Å². The molecule has 2 aromatic carbocycles. The van der Waals surface area contributed by atoms with Gasteiger partial charge in [-0.15, -0.1) is 10.2 Å². The van der Waals surface area contributed by atoms with E-state index in [1.54, 1.807) is 12.1 Å². The van der Waals surface area contributed by atoms with Gasteiger partial charge < -0.3 is 19.9 Å². The Morgan fingerprint density at radius 3 is 2.52 bits per heavy atom. The van der Waals surface area contributed by atoms with Crippen LogP contribution in [-0.4, -0.2) is 46.3 Å². The van der Waals surface area contributed by atoms with Gasteiger partial charge in [0.15, 0.2) is 5.69 Å². The molecule has 0 atom stereocenters. The smallest absolute Gasteiger partial charge is 0.218 e. The van der Waals surface area contributed by atoms with Gasteiger partial charge >= 0.3 is 0 Å². The first-order chi connectivity index (χ1) is 13.1. The maximum atomic E-state index is 10.1. The molecule has 4 rings (SSSR count). The number of anilines is 1. The van der Waals surface area contributed by atoms with Crippen LogP contribution in [0.25, 0.3) is 10.9 Å². The van der Waals surface area contributed by atoms with Crippen molar-refractivity contribution in [3.8, 4) is 5.88 Å². The minimum Gasteiger partial charge on any atom is -0.493 e. The van der Waals surface area contributed by atoms with Crippen LogP contribution in [0.5, 0.6) is 5.88 Å². The molecule has 1 aliphatic rings. The van der Waals surface area contributed by atoms with Gasteiger partial charge in [-0.2, -0.15) is 0 Å². The summed E-state index contributed by atoms with van der Waals surface area (Å²) in [5.74, 6) is -0.0708. The molecule has 138 valence electrons. The molecule has 8 heteroatoms. The quantitative estimate of drug-likeness (QED) is 0.483. The Morgan fingerprint density at radius 1 is 1.04 bits per heavy atom. The molecule has 0 spiro atoms. The number of aromatic nitrogens is 1. The van der Waals surface area contributed by atoms with Crippen molar-refractivity contribution in [2.24, 2.45) is 10.2 Å². The van der Waals surface area contributed by atoms with E-state index in [1.807, 2.05) is 29.2 Å². The highest BCUT2D eigenvalue weighted by atomic mass is 35.5. The number of halogens is 1. The van der Waals surface area contributed by atoms with E-state index in [4.69, 9.17) is 23.8 Å². The van der Waals surface area contributed by atoms with E-state index in [2.05, 4.69) is 32.2 Å². The maximum Gasteiger partial charge on any atom is 0.218 e. The summed E-state index contributed by atoms with van der Waals surface area (Å²) in [6.07, 6.45) is 0. The number of H-pyrrole nitrogens is 1. The number of fused-ring (bicyclic) bond motifs is 1. The van der Waals surface area contributed by atoms with E-state index in [9.17, 15) is 5.11 Å². The monoisotopic (exact) mass is 399 g/mol. The summed E-state index contributed by atoms with van der Waals surface area (Å²) in [7, 11) is 0. The van der Waals surface area contributed by atoms with E-state index < -0.39 is 0 Å². The molecule has 1 fully saturated rings. The first kappa shape index (κ1) is 17.8. The van der Waals surface area contributed by atoms with Gasteiger partial charge in [0.25, 0.3) is 0 Å². The van der Waals surface area contributed by atoms with Crippen LogP contribution in [0.4, 0.5) is 11.4 Å². The van der Waals surface area contributed by atoms with Gasteiger partial charge in [0, 0.05) is 37.3 Å². The van der Waals surface area contributed by atoms with Crippen LogP contribution in [0.15, 0.2) is 58.8 Å². The molecule has 2 heterocycles. The lowest BCUT2D eigenvalue weighted by Crippen LogP contribution is -2.47. The largest absolute Gasteiger partial charge is 0.493 e. The predicted molar refractivity (Wildman–Crippen MR) is 112 cm³/mol. The molecule has 1 aromatic heterocycles. The number of hydrogen-bond donors (Lipinski definition) is 2. The fourth-order valence-corrected chi connectivity index (χ4v) is 3.71. The Bertz CT molecular complexity index is 996. The number of piperazine rings is 1. The molecule has 0 bridgehead atoms. The van der Waals surface area contributed by atoms with Crippen LogP contribution in [0.1, 0.15) is 0 Å². The van der Waals surface area contributed by atoms with Crippen LogP contribution < -0.4 is 4.90 Å². The van der Waals surface area contributed by atoms with Crippen molar-refractivity contribution in [2.75, 3.05) is 31.1 Å². The number of nitrogens with one attached hydrogen (secondary N) is 1. The van der Waals surface area contributed by atoms with Gasteiger partial charge in [0.1, 0.15) is 0 Å². The average Bonchev–Trinajstić information content (AvgIpc) is 3.03. The Labute approximate surface area is 167 Å². The van der Waals surface area contributed by atoms with E-state index in [-0.39, 0.29) is 5.88 Å². The predicted octanol–water partition coefficient (Wildman–Crippen LogP) is 4.72. The SMILES string of the molecule is Oc1[nH]c2cccc(Cl)c2c1N=NC(=S)N1CCN(c2ccccc2)CC1. The highest BCUT2D eigenvalue weighted by Crippen LogP contribution is 2.39. The van der Waals surface area contributed by atoms with Gasteiger partial charge in [0.05, 0.1) is 10.5 Å². The number of azo groups is 1. The van der Waals surface area contributed by atoms with Gasteiger partial charge in [-0.05, 0) is 36.5 Å². The van der Waals surface area contributed by atoms with Crippen molar-refractivity contribution in [1.82, 2.24) is 9.88 Å². The molecular weight excluding hydrogens is 382 g/mol. The standard InChI is InChI=1S/C19H18ClN5OS/c20-14-7-4-8-15-16(14)17(18(26)21-15)22-23-19(27)25-11-9-24(10-12-25)13-5-2-1-3-6-13/h1-8,21,26H,9-12H2. The zero-order chi connectivity index (χ0) is 18.8. The highest BCUT2D eigenvalue weighted by molar-refractivity contribution is 7.80. The van der Waals surface area contributed by atoms with Crippen LogP contribution in [0, 0.1) is 0 Å². The van der Waals surface area contributed by atoms with Crippen molar-refractivity contribution in [1.29, 1.82) is 0 Å². The van der Waals surface area contributed by atoms with Crippen molar-refractivity contribution >= 4 is 51.2 Å². The molecule has 0 saturated carbocycles. The lowest BCUT2D eigenvalue weighted by atomic mass is 10.2. The number of para-hydroxylation sites is 1. The number of thiocarbonyl (C=S) groups is 1. The second-order valence-electron chi connectivity index (χ2n) is 6.28. The molecule has 1 aliphatic heterocycles. The first-order valence-corrected chi connectivity index (χ1v) is 9.42. The van der Waals surface area contributed by atoms with Gasteiger partial charge in [-0.25, -0.2) is 0 Å². The first-order valence-electron chi connectivity index (χ1n) is 8.63. The average molecular weight is 400 g/mol. The Balaban J connectivity index is 1.45. The summed E-state index contributed by atoms with van der Waals surface area (Å²) in [6.45, 7) is 3.27. The normalized spacial score (nSPS) is 15.0. The molecule has 3 aromatic rings. The lowest BCUT2D eigenvalue weighted by molar-refractivity contribution is 0.387. The summed E-state index contributed by atoms with van der Waals surface area (Å²) in [4.78, 5) is 7.19. The molecule has 6 nitrogen and oxygen atoms in total. The number of hydrogen-bond acceptors (Lipinski definition) is 4. The fraction of sp³-hybridized carbons (Fsp3) is 0.211. The number of benzene rings is 2. The molecular formula is C19H18ClN5OS. The maximum absolute atomic E-state index is 10.1. The summed E-state index contributed by atoms with van der Waals surface area (Å²) < 4.78 is 0. The number of aromatic amines is 1. The summed E-state index contributed by atoms with van der Waals surface area (Å²) in [6, 6.07) is 15.7. The van der Waals surface area contributed by atoms with Crippen molar-refractivity contribution in [3.05, 3.63) is 53.6 Å². The summed E-state index contributed by atoms with van der Waals surface area (Å²) in [5, 5.41) is 20.0. The third-order valence-corrected chi connectivity index (χ3v) is 5.29. The zero-order valence-corrected chi connectivity index (χ0v) is 16.0. The van der Waals surface area contributed by atoms with Crippen molar-refractivity contribution in [2.45, 2.75) is 0 Å². The minimum absolute atomic E-state index is 0.0708. The number of aromatic hydroxyl groups is 1. The van der Waals surface area contributed by atoms with E-state index in [1.165, 1.54) is 5.69 Å².